The third kappa shape index (κ3) is 2.34. The second-order valence-electron chi connectivity index (χ2n) is 3.95. The normalized spacial score (nSPS) is 20.4. The van der Waals surface area contributed by atoms with Crippen molar-refractivity contribution >= 4 is 21.9 Å². The van der Waals surface area contributed by atoms with Crippen LogP contribution in [0, 0.1) is 0 Å². The molecule has 8 heteroatoms. The minimum atomic E-state index is -4.75. The first-order valence-electron chi connectivity index (χ1n) is 5.22. The molecule has 2 heterocycles. The topological polar surface area (TPSA) is 87.6 Å². The summed E-state index contributed by atoms with van der Waals surface area (Å²) in [7, 11) is -4.75. The van der Waals surface area contributed by atoms with Crippen molar-refractivity contribution in [1.29, 1.82) is 0 Å². The highest BCUT2D eigenvalue weighted by molar-refractivity contribution is 7.87. The maximum absolute atomic E-state index is 12.9. The predicted octanol–water partition coefficient (Wildman–Crippen LogP) is -0.0215. The number of amides is 1. The Bertz CT molecular complexity index is 575. The van der Waals surface area contributed by atoms with Crippen LogP contribution < -0.4 is 4.90 Å². The molecule has 18 heavy (non-hydrogen) atoms. The van der Waals surface area contributed by atoms with Gasteiger partial charge in [-0.1, -0.05) is 6.07 Å². The number of aliphatic hydroxyl groups excluding tert-OH is 1. The Labute approximate surface area is 103 Å². The summed E-state index contributed by atoms with van der Waals surface area (Å²) >= 11 is 0. The van der Waals surface area contributed by atoms with Crippen molar-refractivity contribution in [2.45, 2.75) is 18.3 Å². The molecule has 1 saturated heterocycles. The van der Waals surface area contributed by atoms with E-state index in [9.17, 15) is 17.1 Å². The van der Waals surface area contributed by atoms with Gasteiger partial charge in [0.05, 0.1) is 6.61 Å². The molecule has 0 spiro atoms. The molecule has 98 valence electrons. The van der Waals surface area contributed by atoms with Crippen molar-refractivity contribution in [3.8, 4) is 0 Å². The first-order chi connectivity index (χ1) is 8.43. The zero-order chi connectivity index (χ0) is 13.3. The fourth-order valence-corrected chi connectivity index (χ4v) is 2.53. The number of carbonyl (C=O) groups is 1. The van der Waals surface area contributed by atoms with Crippen LogP contribution in [0.15, 0.2) is 18.3 Å². The fourth-order valence-electron chi connectivity index (χ4n) is 1.86. The highest BCUT2D eigenvalue weighted by atomic mass is 32.3. The number of aliphatic hydroxyl groups is 1. The highest BCUT2D eigenvalue weighted by Crippen LogP contribution is 2.26. The number of hydrogen-bond donors (Lipinski definition) is 1. The van der Waals surface area contributed by atoms with Gasteiger partial charge in [-0.25, -0.2) is 4.98 Å². The van der Waals surface area contributed by atoms with E-state index in [0.717, 1.165) is 4.90 Å². The summed E-state index contributed by atoms with van der Waals surface area (Å²) in [6.45, 7) is -0.609. The summed E-state index contributed by atoms with van der Waals surface area (Å²) in [5.74, 6) is -0.342. The molecule has 1 fully saturated rings. The first-order valence-corrected chi connectivity index (χ1v) is 6.66. The molecular weight excluding hydrogens is 263 g/mol. The van der Waals surface area contributed by atoms with Gasteiger partial charge in [-0.15, -0.1) is 3.89 Å². The van der Waals surface area contributed by atoms with Gasteiger partial charge >= 0.3 is 10.2 Å². The van der Waals surface area contributed by atoms with Crippen LogP contribution in [0.1, 0.15) is 12.0 Å². The number of pyridine rings is 1. The number of halogens is 1. The van der Waals surface area contributed by atoms with Crippen molar-refractivity contribution in [2.75, 3.05) is 11.4 Å². The third-order valence-electron chi connectivity index (χ3n) is 2.78. The molecular formula is C10H11FN2O4S. The highest BCUT2D eigenvalue weighted by Gasteiger charge is 2.40. The van der Waals surface area contributed by atoms with Gasteiger partial charge in [0.15, 0.2) is 0 Å². The molecule has 2 rings (SSSR count). The van der Waals surface area contributed by atoms with E-state index in [1.54, 1.807) is 12.1 Å². The van der Waals surface area contributed by atoms with Gasteiger partial charge in [-0.05, 0) is 6.07 Å². The molecule has 1 N–H and O–H groups in total. The van der Waals surface area contributed by atoms with Crippen LogP contribution >= 0.6 is 0 Å². The lowest BCUT2D eigenvalue weighted by molar-refractivity contribution is -0.117. The van der Waals surface area contributed by atoms with Gasteiger partial charge in [0.25, 0.3) is 0 Å². The zero-order valence-electron chi connectivity index (χ0n) is 9.28. The number of aromatic nitrogens is 1. The summed E-state index contributed by atoms with van der Waals surface area (Å²) in [5.41, 5.74) is 0.391. The van der Waals surface area contributed by atoms with E-state index >= 15 is 0 Å². The molecule has 1 aromatic rings. The predicted molar refractivity (Wildman–Crippen MR) is 60.9 cm³/mol. The van der Waals surface area contributed by atoms with Crippen LogP contribution in [-0.4, -0.2) is 36.2 Å². The molecule has 0 bridgehead atoms. The number of carbonyl (C=O) groups excluding carboxylic acids is 1. The first kappa shape index (κ1) is 12.9. The fraction of sp³-hybridized carbons (Fsp3) is 0.400. The monoisotopic (exact) mass is 274 g/mol. The molecule has 1 amide bonds. The number of nitrogens with zero attached hydrogens (tertiary/aromatic N) is 2. The largest absolute Gasteiger partial charge is 0.392 e. The van der Waals surface area contributed by atoms with Crippen molar-refractivity contribution in [3.05, 3.63) is 23.9 Å². The maximum Gasteiger partial charge on any atom is 0.307 e. The molecule has 1 atom stereocenters. The summed E-state index contributed by atoms with van der Waals surface area (Å²) < 4.78 is 34.5. The molecule has 0 aliphatic carbocycles. The second-order valence-corrected chi connectivity index (χ2v) is 5.57. The van der Waals surface area contributed by atoms with Crippen LogP contribution in [0.2, 0.25) is 0 Å². The molecule has 0 saturated carbocycles. The minimum absolute atomic E-state index is 0.177. The van der Waals surface area contributed by atoms with Crippen molar-refractivity contribution in [2.24, 2.45) is 0 Å². The van der Waals surface area contributed by atoms with Crippen LogP contribution in [-0.2, 0) is 21.6 Å². The van der Waals surface area contributed by atoms with Gasteiger partial charge in [-0.3, -0.25) is 9.69 Å². The summed E-state index contributed by atoms with van der Waals surface area (Å²) in [6, 6.07) is 3.14. The Balaban J connectivity index is 2.33. The average Bonchev–Trinajstić information content (AvgIpc) is 2.71. The Morgan fingerprint density at radius 1 is 1.56 bits per heavy atom. The van der Waals surface area contributed by atoms with Crippen LogP contribution in [0.4, 0.5) is 9.70 Å². The van der Waals surface area contributed by atoms with E-state index in [4.69, 9.17) is 5.11 Å². The summed E-state index contributed by atoms with van der Waals surface area (Å²) in [4.78, 5) is 16.7. The lowest BCUT2D eigenvalue weighted by Gasteiger charge is -2.17. The van der Waals surface area contributed by atoms with E-state index in [1.807, 2.05) is 0 Å². The summed E-state index contributed by atoms with van der Waals surface area (Å²) in [6.07, 6.45) is 1.01. The maximum atomic E-state index is 12.9. The molecule has 1 aromatic heterocycles. The third-order valence-corrected chi connectivity index (χ3v) is 3.89. The van der Waals surface area contributed by atoms with E-state index in [-0.39, 0.29) is 19.0 Å². The smallest absolute Gasteiger partial charge is 0.307 e. The van der Waals surface area contributed by atoms with Crippen molar-refractivity contribution in [3.63, 3.8) is 0 Å². The van der Waals surface area contributed by atoms with Crippen LogP contribution in [0.5, 0.6) is 0 Å². The average molecular weight is 274 g/mol. The minimum Gasteiger partial charge on any atom is -0.392 e. The zero-order valence-corrected chi connectivity index (χ0v) is 10.1. The molecule has 6 nitrogen and oxygen atoms in total. The van der Waals surface area contributed by atoms with E-state index in [0.29, 0.717) is 5.56 Å². The lowest BCUT2D eigenvalue weighted by Crippen LogP contribution is -2.28. The van der Waals surface area contributed by atoms with Crippen LogP contribution in [0.25, 0.3) is 0 Å². The molecule has 1 aliphatic heterocycles. The van der Waals surface area contributed by atoms with E-state index in [1.165, 1.54) is 6.20 Å². The van der Waals surface area contributed by atoms with Gasteiger partial charge in [0, 0.05) is 24.7 Å². The molecule has 0 radical (unpaired) electrons. The van der Waals surface area contributed by atoms with Gasteiger partial charge in [-0.2, -0.15) is 8.42 Å². The number of rotatable bonds is 3. The van der Waals surface area contributed by atoms with Gasteiger partial charge in [0.2, 0.25) is 5.91 Å². The quantitative estimate of drug-likeness (QED) is 0.783. The Hall–Kier alpha value is -1.54. The van der Waals surface area contributed by atoms with Crippen LogP contribution in [0.3, 0.4) is 0 Å². The SMILES string of the molecule is O=C1CC(S(=O)(=O)F)CN1c1ncccc1CO. The molecule has 0 aromatic carbocycles. The summed E-state index contributed by atoms with van der Waals surface area (Å²) in [5, 5.41) is 7.76. The Kier molecular flexibility index (Phi) is 3.31. The Morgan fingerprint density at radius 3 is 2.83 bits per heavy atom. The number of hydrogen-bond acceptors (Lipinski definition) is 5. The van der Waals surface area contributed by atoms with Crippen molar-refractivity contribution < 1.29 is 22.2 Å². The second kappa shape index (κ2) is 4.62. The molecule has 1 unspecified atom stereocenters. The van der Waals surface area contributed by atoms with Crippen molar-refractivity contribution in [1.82, 2.24) is 4.98 Å². The lowest BCUT2D eigenvalue weighted by atomic mass is 10.2. The van der Waals surface area contributed by atoms with E-state index < -0.39 is 27.8 Å². The Morgan fingerprint density at radius 2 is 2.28 bits per heavy atom. The number of anilines is 1. The van der Waals surface area contributed by atoms with E-state index in [2.05, 4.69) is 4.98 Å². The van der Waals surface area contributed by atoms with Gasteiger partial charge < -0.3 is 5.11 Å². The molecule has 1 aliphatic rings. The van der Waals surface area contributed by atoms with Gasteiger partial charge in [0.1, 0.15) is 11.1 Å². The standard InChI is InChI=1S/C10H11FN2O4S/c11-18(16,17)8-4-9(15)13(5-8)10-7(6-14)2-1-3-12-10/h1-3,8,14H,4-6H2.